The van der Waals surface area contributed by atoms with Crippen molar-refractivity contribution in [3.63, 3.8) is 0 Å². The molecule has 21 heavy (non-hydrogen) atoms. The summed E-state index contributed by atoms with van der Waals surface area (Å²) in [6, 6.07) is 6.28. The number of carbonyl (C=O) groups is 1. The van der Waals surface area contributed by atoms with Crippen LogP contribution in [0.25, 0.3) is 0 Å². The molecule has 0 heterocycles. The fourth-order valence-corrected chi connectivity index (χ4v) is 2.96. The summed E-state index contributed by atoms with van der Waals surface area (Å²) in [5.41, 5.74) is 0.973. The first-order chi connectivity index (χ1) is 10.2. The monoisotopic (exact) mass is 293 g/mol. The van der Waals surface area contributed by atoms with E-state index in [-0.39, 0.29) is 24.2 Å². The normalized spacial score (nSPS) is 16.9. The molecule has 1 aliphatic carbocycles. The molecule has 0 bridgehead atoms. The van der Waals surface area contributed by atoms with Gasteiger partial charge in [0.15, 0.2) is 0 Å². The Morgan fingerprint density at radius 1 is 1.29 bits per heavy atom. The molecule has 1 aromatic carbocycles. The first-order valence-electron chi connectivity index (χ1n) is 7.79. The molecule has 1 aromatic rings. The molecule has 2 rings (SSSR count). The Kier molecular flexibility index (Phi) is 6.18. The molecule has 0 saturated heterocycles. The number of aliphatic hydroxyl groups excluding tert-OH is 1. The van der Waals surface area contributed by atoms with Gasteiger partial charge in [0.1, 0.15) is 5.82 Å². The maximum Gasteiger partial charge on any atom is 0.220 e. The summed E-state index contributed by atoms with van der Waals surface area (Å²) in [5.74, 6) is 0.335. The molecule has 4 heteroatoms. The third-order valence-electron chi connectivity index (χ3n) is 4.23. The molecule has 0 aromatic heterocycles. The first-order valence-corrected chi connectivity index (χ1v) is 7.79. The Hall–Kier alpha value is -1.42. The molecular formula is C17H24FNO2. The van der Waals surface area contributed by atoms with Crippen LogP contribution in [0, 0.1) is 17.7 Å². The fraction of sp³-hybridized carbons (Fsp3) is 0.588. The van der Waals surface area contributed by atoms with Gasteiger partial charge in [0.05, 0.1) is 0 Å². The van der Waals surface area contributed by atoms with Crippen LogP contribution < -0.4 is 5.32 Å². The SMILES string of the molecule is O=C(CC1CCCC1)NC[C@@H](CO)Cc1ccc(F)cc1. The number of rotatable bonds is 7. The van der Waals surface area contributed by atoms with Crippen LogP contribution in [0.5, 0.6) is 0 Å². The van der Waals surface area contributed by atoms with E-state index < -0.39 is 0 Å². The third kappa shape index (κ3) is 5.46. The van der Waals surface area contributed by atoms with E-state index >= 15 is 0 Å². The van der Waals surface area contributed by atoms with Crippen LogP contribution in [0.4, 0.5) is 4.39 Å². The first kappa shape index (κ1) is 16.0. The topological polar surface area (TPSA) is 49.3 Å². The maximum absolute atomic E-state index is 12.8. The summed E-state index contributed by atoms with van der Waals surface area (Å²) >= 11 is 0. The molecule has 1 aliphatic rings. The minimum absolute atomic E-state index is 0.0150. The molecule has 1 saturated carbocycles. The van der Waals surface area contributed by atoms with E-state index in [4.69, 9.17) is 0 Å². The predicted molar refractivity (Wildman–Crippen MR) is 80.3 cm³/mol. The number of hydrogen-bond donors (Lipinski definition) is 2. The smallest absolute Gasteiger partial charge is 0.220 e. The molecule has 1 amide bonds. The van der Waals surface area contributed by atoms with Crippen LogP contribution in [0.15, 0.2) is 24.3 Å². The van der Waals surface area contributed by atoms with Crippen LogP contribution in [0.3, 0.4) is 0 Å². The van der Waals surface area contributed by atoms with Gasteiger partial charge in [0.2, 0.25) is 5.91 Å². The van der Waals surface area contributed by atoms with Gasteiger partial charge in [0.25, 0.3) is 0 Å². The number of halogens is 1. The van der Waals surface area contributed by atoms with Crippen molar-refractivity contribution in [1.82, 2.24) is 5.32 Å². The van der Waals surface area contributed by atoms with Gasteiger partial charge in [-0.05, 0) is 42.9 Å². The van der Waals surface area contributed by atoms with Crippen molar-refractivity contribution < 1.29 is 14.3 Å². The molecule has 1 fully saturated rings. The van der Waals surface area contributed by atoms with E-state index in [1.807, 2.05) is 0 Å². The lowest BCUT2D eigenvalue weighted by molar-refractivity contribution is -0.122. The van der Waals surface area contributed by atoms with E-state index in [1.54, 1.807) is 12.1 Å². The molecule has 3 nitrogen and oxygen atoms in total. The Labute approximate surface area is 125 Å². The third-order valence-corrected chi connectivity index (χ3v) is 4.23. The minimum atomic E-state index is -0.260. The van der Waals surface area contributed by atoms with Crippen LogP contribution in [-0.2, 0) is 11.2 Å². The van der Waals surface area contributed by atoms with Gasteiger partial charge >= 0.3 is 0 Å². The second-order valence-corrected chi connectivity index (χ2v) is 6.04. The van der Waals surface area contributed by atoms with Crippen molar-refractivity contribution in [3.8, 4) is 0 Å². The van der Waals surface area contributed by atoms with E-state index in [0.717, 1.165) is 18.4 Å². The number of amides is 1. The highest BCUT2D eigenvalue weighted by atomic mass is 19.1. The van der Waals surface area contributed by atoms with Crippen LogP contribution in [0.1, 0.15) is 37.7 Å². The van der Waals surface area contributed by atoms with E-state index in [0.29, 0.717) is 25.3 Å². The average molecular weight is 293 g/mol. The summed E-state index contributed by atoms with van der Waals surface area (Å²) in [4.78, 5) is 11.9. The summed E-state index contributed by atoms with van der Waals surface area (Å²) in [5, 5.41) is 12.3. The summed E-state index contributed by atoms with van der Waals surface area (Å²) < 4.78 is 12.8. The van der Waals surface area contributed by atoms with Crippen molar-refractivity contribution in [2.45, 2.75) is 38.5 Å². The zero-order chi connectivity index (χ0) is 15.1. The summed E-state index contributed by atoms with van der Waals surface area (Å²) in [7, 11) is 0. The van der Waals surface area contributed by atoms with E-state index in [1.165, 1.54) is 25.0 Å². The Morgan fingerprint density at radius 2 is 1.95 bits per heavy atom. The van der Waals surface area contributed by atoms with Gasteiger partial charge in [-0.1, -0.05) is 25.0 Å². The number of nitrogens with one attached hydrogen (secondary N) is 1. The highest BCUT2D eigenvalue weighted by Gasteiger charge is 2.19. The number of carbonyl (C=O) groups excluding carboxylic acids is 1. The molecule has 1 atom stereocenters. The molecule has 0 aliphatic heterocycles. The summed E-state index contributed by atoms with van der Waals surface area (Å²) in [6.07, 6.45) is 6.04. The van der Waals surface area contributed by atoms with Crippen molar-refractivity contribution in [2.75, 3.05) is 13.2 Å². The van der Waals surface area contributed by atoms with Gasteiger partial charge in [-0.25, -0.2) is 4.39 Å². The Balaban J connectivity index is 1.73. The average Bonchev–Trinajstić information content (AvgIpc) is 2.98. The number of benzene rings is 1. The van der Waals surface area contributed by atoms with E-state index in [9.17, 15) is 14.3 Å². The summed E-state index contributed by atoms with van der Waals surface area (Å²) in [6.45, 7) is 0.487. The molecule has 116 valence electrons. The van der Waals surface area contributed by atoms with Crippen LogP contribution in [-0.4, -0.2) is 24.2 Å². The molecule has 2 N–H and O–H groups in total. The predicted octanol–water partition coefficient (Wildman–Crippen LogP) is 2.67. The van der Waals surface area contributed by atoms with Crippen LogP contribution in [0.2, 0.25) is 0 Å². The lowest BCUT2D eigenvalue weighted by Gasteiger charge is -2.16. The van der Waals surface area contributed by atoms with Gasteiger partial charge in [0, 0.05) is 25.5 Å². The lowest BCUT2D eigenvalue weighted by atomic mass is 9.99. The van der Waals surface area contributed by atoms with Gasteiger partial charge in [-0.15, -0.1) is 0 Å². The quantitative estimate of drug-likeness (QED) is 0.812. The van der Waals surface area contributed by atoms with Crippen molar-refractivity contribution >= 4 is 5.91 Å². The van der Waals surface area contributed by atoms with E-state index in [2.05, 4.69) is 5.32 Å². The molecular weight excluding hydrogens is 269 g/mol. The van der Waals surface area contributed by atoms with Gasteiger partial charge < -0.3 is 10.4 Å². The van der Waals surface area contributed by atoms with Crippen molar-refractivity contribution in [2.24, 2.45) is 11.8 Å². The Bertz CT molecular complexity index is 441. The van der Waals surface area contributed by atoms with Gasteiger partial charge in [-0.2, -0.15) is 0 Å². The maximum atomic E-state index is 12.8. The second-order valence-electron chi connectivity index (χ2n) is 6.04. The van der Waals surface area contributed by atoms with Crippen LogP contribution >= 0.6 is 0 Å². The largest absolute Gasteiger partial charge is 0.396 e. The highest BCUT2D eigenvalue weighted by molar-refractivity contribution is 5.76. The zero-order valence-electron chi connectivity index (χ0n) is 12.4. The fourth-order valence-electron chi connectivity index (χ4n) is 2.96. The van der Waals surface area contributed by atoms with Crippen molar-refractivity contribution in [3.05, 3.63) is 35.6 Å². The zero-order valence-corrected chi connectivity index (χ0v) is 12.4. The number of aliphatic hydroxyl groups is 1. The van der Waals surface area contributed by atoms with Crippen molar-refractivity contribution in [1.29, 1.82) is 0 Å². The molecule has 0 unspecified atom stereocenters. The highest BCUT2D eigenvalue weighted by Crippen LogP contribution is 2.27. The van der Waals surface area contributed by atoms with Gasteiger partial charge in [-0.3, -0.25) is 4.79 Å². The minimum Gasteiger partial charge on any atom is -0.396 e. The number of hydrogen-bond acceptors (Lipinski definition) is 2. The standard InChI is InChI=1S/C17H24FNO2/c18-16-7-5-14(6-8-16)9-15(12-20)11-19-17(21)10-13-3-1-2-4-13/h5-8,13,15,20H,1-4,9-12H2,(H,19,21)/t15-/m0/s1. The Morgan fingerprint density at radius 3 is 2.57 bits per heavy atom. The molecule has 0 radical (unpaired) electrons. The lowest BCUT2D eigenvalue weighted by Crippen LogP contribution is -2.32. The molecule has 0 spiro atoms. The second kappa shape index (κ2) is 8.13.